The van der Waals surface area contributed by atoms with Crippen LogP contribution in [0.2, 0.25) is 0 Å². The Balaban J connectivity index is 2.02. The number of nitrogens with zero attached hydrogens (tertiary/aromatic N) is 1. The molecule has 94 valence electrons. The Hall–Kier alpha value is -0.100. The SMILES string of the molecule is O=S(=O)(CCl)N1CCc2sccc2C1C1CC1. The minimum absolute atomic E-state index is 0.0498. The lowest BCUT2D eigenvalue weighted by atomic mass is 9.98. The van der Waals surface area contributed by atoms with Crippen LogP contribution < -0.4 is 0 Å². The van der Waals surface area contributed by atoms with Gasteiger partial charge in [-0.1, -0.05) is 0 Å². The summed E-state index contributed by atoms with van der Waals surface area (Å²) < 4.78 is 25.7. The van der Waals surface area contributed by atoms with E-state index in [1.54, 1.807) is 15.6 Å². The fraction of sp³-hybridized carbons (Fsp3) is 0.636. The maximum absolute atomic E-state index is 12.0. The molecule has 17 heavy (non-hydrogen) atoms. The van der Waals surface area contributed by atoms with Crippen LogP contribution in [-0.2, 0) is 16.4 Å². The van der Waals surface area contributed by atoms with E-state index in [1.807, 2.05) is 0 Å². The Morgan fingerprint density at radius 1 is 1.47 bits per heavy atom. The minimum atomic E-state index is -3.29. The van der Waals surface area contributed by atoms with Gasteiger partial charge in [0.25, 0.3) is 0 Å². The lowest BCUT2D eigenvalue weighted by Crippen LogP contribution is -2.40. The number of hydrogen-bond acceptors (Lipinski definition) is 3. The average molecular weight is 292 g/mol. The zero-order valence-electron chi connectivity index (χ0n) is 9.30. The molecule has 0 aromatic carbocycles. The highest BCUT2D eigenvalue weighted by Crippen LogP contribution is 2.49. The van der Waals surface area contributed by atoms with Gasteiger partial charge >= 0.3 is 0 Å². The van der Waals surface area contributed by atoms with Gasteiger partial charge in [-0.15, -0.1) is 22.9 Å². The van der Waals surface area contributed by atoms with Gasteiger partial charge < -0.3 is 0 Å². The molecule has 1 fully saturated rings. The molecule has 3 rings (SSSR count). The van der Waals surface area contributed by atoms with Crippen LogP contribution in [0.5, 0.6) is 0 Å². The zero-order chi connectivity index (χ0) is 12.0. The molecule has 1 aromatic heterocycles. The van der Waals surface area contributed by atoms with Gasteiger partial charge in [0, 0.05) is 11.4 Å². The summed E-state index contributed by atoms with van der Waals surface area (Å²) in [7, 11) is -3.29. The monoisotopic (exact) mass is 291 g/mol. The van der Waals surface area contributed by atoms with Crippen LogP contribution in [0, 0.1) is 5.92 Å². The summed E-state index contributed by atoms with van der Waals surface area (Å²) in [6.07, 6.45) is 3.09. The van der Waals surface area contributed by atoms with Crippen molar-refractivity contribution < 1.29 is 8.42 Å². The Bertz CT molecular complexity index is 521. The summed E-state index contributed by atoms with van der Waals surface area (Å²) in [4.78, 5) is 1.35. The smallest absolute Gasteiger partial charge is 0.211 e. The molecular formula is C11H14ClNO2S2. The van der Waals surface area contributed by atoms with Crippen LogP contribution in [0.25, 0.3) is 0 Å². The van der Waals surface area contributed by atoms with Crippen molar-refractivity contribution in [2.45, 2.75) is 25.3 Å². The van der Waals surface area contributed by atoms with E-state index in [4.69, 9.17) is 11.6 Å². The minimum Gasteiger partial charge on any atom is -0.211 e. The molecule has 6 heteroatoms. The van der Waals surface area contributed by atoms with Gasteiger partial charge in [-0.2, -0.15) is 4.31 Å². The van der Waals surface area contributed by atoms with Crippen LogP contribution in [0.4, 0.5) is 0 Å². The van der Waals surface area contributed by atoms with Crippen molar-refractivity contribution in [3.05, 3.63) is 21.9 Å². The number of halogens is 1. The number of thiophene rings is 1. The third-order valence-corrected chi connectivity index (χ3v) is 6.76. The van der Waals surface area contributed by atoms with E-state index in [9.17, 15) is 8.42 Å². The predicted octanol–water partition coefficient (Wildman–Crippen LogP) is 2.58. The van der Waals surface area contributed by atoms with Gasteiger partial charge in [-0.25, -0.2) is 8.42 Å². The van der Waals surface area contributed by atoms with Gasteiger partial charge in [0.05, 0.1) is 6.04 Å². The van der Waals surface area contributed by atoms with Crippen molar-refractivity contribution in [1.29, 1.82) is 0 Å². The number of alkyl halides is 1. The summed E-state index contributed by atoms with van der Waals surface area (Å²) in [5, 5.41) is 1.76. The zero-order valence-corrected chi connectivity index (χ0v) is 11.7. The summed E-state index contributed by atoms with van der Waals surface area (Å²) >= 11 is 7.33. The lowest BCUT2D eigenvalue weighted by molar-refractivity contribution is 0.284. The molecule has 0 saturated heterocycles. The van der Waals surface area contributed by atoms with E-state index in [-0.39, 0.29) is 11.3 Å². The van der Waals surface area contributed by atoms with Crippen molar-refractivity contribution >= 4 is 33.0 Å². The van der Waals surface area contributed by atoms with Crippen molar-refractivity contribution in [3.8, 4) is 0 Å². The molecule has 2 aliphatic rings. The van der Waals surface area contributed by atoms with Crippen LogP contribution in [0.15, 0.2) is 11.4 Å². The maximum atomic E-state index is 12.0. The van der Waals surface area contributed by atoms with Crippen LogP contribution in [-0.4, -0.2) is 24.5 Å². The van der Waals surface area contributed by atoms with E-state index in [2.05, 4.69) is 11.4 Å². The summed E-state index contributed by atoms with van der Waals surface area (Å²) in [6, 6.07) is 2.13. The molecule has 1 aliphatic heterocycles. The third-order valence-electron chi connectivity index (χ3n) is 3.53. The molecule has 1 unspecified atom stereocenters. The first-order valence-corrected chi connectivity index (χ1v) is 8.77. The van der Waals surface area contributed by atoms with Crippen molar-refractivity contribution in [2.75, 3.05) is 11.8 Å². The summed E-state index contributed by atoms with van der Waals surface area (Å²) in [5.74, 6) is 0.502. The Morgan fingerprint density at radius 2 is 2.24 bits per heavy atom. The molecule has 0 amide bonds. The topological polar surface area (TPSA) is 37.4 Å². The predicted molar refractivity (Wildman–Crippen MR) is 69.8 cm³/mol. The molecule has 0 spiro atoms. The highest BCUT2D eigenvalue weighted by atomic mass is 35.5. The average Bonchev–Trinajstić information content (AvgIpc) is 3.04. The van der Waals surface area contributed by atoms with Gasteiger partial charge in [-0.3, -0.25) is 0 Å². The van der Waals surface area contributed by atoms with Crippen molar-refractivity contribution in [3.63, 3.8) is 0 Å². The highest BCUT2D eigenvalue weighted by Gasteiger charge is 2.44. The molecule has 1 aromatic rings. The molecule has 0 radical (unpaired) electrons. The second-order valence-electron chi connectivity index (χ2n) is 4.66. The second kappa shape index (κ2) is 4.23. The molecule has 2 heterocycles. The molecule has 1 saturated carbocycles. The lowest BCUT2D eigenvalue weighted by Gasteiger charge is -2.34. The number of hydrogen-bond donors (Lipinski definition) is 0. The maximum Gasteiger partial charge on any atom is 0.228 e. The third kappa shape index (κ3) is 2.03. The van der Waals surface area contributed by atoms with Gasteiger partial charge in [0.1, 0.15) is 5.21 Å². The van der Waals surface area contributed by atoms with Crippen LogP contribution in [0.1, 0.15) is 29.3 Å². The normalized spacial score (nSPS) is 25.8. The fourth-order valence-electron chi connectivity index (χ4n) is 2.60. The largest absolute Gasteiger partial charge is 0.228 e. The first kappa shape index (κ1) is 12.0. The van der Waals surface area contributed by atoms with E-state index >= 15 is 0 Å². The number of fused-ring (bicyclic) bond motifs is 1. The van der Waals surface area contributed by atoms with E-state index in [1.165, 1.54) is 10.4 Å². The summed E-state index contributed by atoms with van der Waals surface area (Å²) in [6.45, 7) is 0.587. The van der Waals surface area contributed by atoms with Crippen molar-refractivity contribution in [1.82, 2.24) is 4.31 Å². The van der Waals surface area contributed by atoms with Crippen LogP contribution >= 0.6 is 22.9 Å². The molecule has 0 bridgehead atoms. The first-order valence-electron chi connectivity index (χ1n) is 5.75. The van der Waals surface area contributed by atoms with Gasteiger partial charge in [0.15, 0.2) is 0 Å². The first-order chi connectivity index (χ1) is 8.13. The molecule has 3 nitrogen and oxygen atoms in total. The van der Waals surface area contributed by atoms with Crippen LogP contribution in [0.3, 0.4) is 0 Å². The fourth-order valence-corrected chi connectivity index (χ4v) is 5.01. The van der Waals surface area contributed by atoms with E-state index in [0.717, 1.165) is 19.3 Å². The van der Waals surface area contributed by atoms with E-state index in [0.29, 0.717) is 12.5 Å². The molecule has 0 N–H and O–H groups in total. The number of rotatable bonds is 3. The van der Waals surface area contributed by atoms with Gasteiger partial charge in [-0.05, 0) is 42.2 Å². The van der Waals surface area contributed by atoms with E-state index < -0.39 is 10.0 Å². The number of sulfonamides is 1. The van der Waals surface area contributed by atoms with Crippen molar-refractivity contribution in [2.24, 2.45) is 5.92 Å². The Labute approximate surface area is 110 Å². The highest BCUT2D eigenvalue weighted by molar-refractivity contribution is 7.90. The molecule has 1 atom stereocenters. The molecule has 1 aliphatic carbocycles. The Kier molecular flexibility index (Phi) is 2.97. The Morgan fingerprint density at radius 3 is 2.88 bits per heavy atom. The standard InChI is InChI=1S/C11H14ClNO2S2/c12-7-17(14,15)13-5-3-10-9(4-6-16-10)11(13)8-1-2-8/h4,6,8,11H,1-3,5,7H2. The second-order valence-corrected chi connectivity index (χ2v) is 8.17. The molecular weight excluding hydrogens is 278 g/mol. The quantitative estimate of drug-likeness (QED) is 0.803. The summed E-state index contributed by atoms with van der Waals surface area (Å²) in [5.41, 5.74) is 1.22. The van der Waals surface area contributed by atoms with Gasteiger partial charge in [0.2, 0.25) is 10.0 Å².